The Labute approximate surface area is 155 Å². The second kappa shape index (κ2) is 8.30. The van der Waals surface area contributed by atoms with Gasteiger partial charge in [0.25, 0.3) is 5.91 Å². The van der Waals surface area contributed by atoms with Crippen LogP contribution in [-0.2, 0) is 0 Å². The number of aromatic carboxylic acids is 1. The molecular weight excluding hydrogens is 356 g/mol. The summed E-state index contributed by atoms with van der Waals surface area (Å²) in [5.74, 6) is -0.869. The Bertz CT molecular complexity index is 844. The lowest BCUT2D eigenvalue weighted by Gasteiger charge is -2.15. The third-order valence-electron chi connectivity index (χ3n) is 3.69. The molecule has 0 aliphatic heterocycles. The lowest BCUT2D eigenvalue weighted by atomic mass is 10.1. The van der Waals surface area contributed by atoms with Gasteiger partial charge in [0.05, 0.1) is 19.8 Å². The van der Waals surface area contributed by atoms with Crippen molar-refractivity contribution in [1.29, 1.82) is 0 Å². The van der Waals surface area contributed by atoms with Crippen LogP contribution in [-0.4, -0.2) is 36.3 Å². The Morgan fingerprint density at radius 3 is 2.15 bits per heavy atom. The van der Waals surface area contributed by atoms with Gasteiger partial charge in [-0.2, -0.15) is 0 Å². The van der Waals surface area contributed by atoms with E-state index in [2.05, 4.69) is 10.6 Å². The van der Waals surface area contributed by atoms with Crippen molar-refractivity contribution in [1.82, 2.24) is 5.32 Å². The molecule has 26 heavy (non-hydrogen) atoms. The summed E-state index contributed by atoms with van der Waals surface area (Å²) in [4.78, 5) is 23.8. The number of thiocarbonyl (C=S) groups is 1. The van der Waals surface area contributed by atoms with Crippen molar-refractivity contribution in [3.05, 3.63) is 53.1 Å². The van der Waals surface area contributed by atoms with Gasteiger partial charge in [-0.1, -0.05) is 12.1 Å². The highest BCUT2D eigenvalue weighted by molar-refractivity contribution is 7.80. The van der Waals surface area contributed by atoms with Gasteiger partial charge >= 0.3 is 5.97 Å². The lowest BCUT2D eigenvalue weighted by molar-refractivity contribution is 0.0696. The predicted octanol–water partition coefficient (Wildman–Crippen LogP) is 2.84. The standard InChI is InChI=1S/C18H18N2O5S/c1-10-11(17(22)23)6-4-7-12(10)19-18(26)20-16(21)15-13(24-2)8-5-9-14(15)25-3/h4-9H,1-3H3,(H,22,23)(H2,19,20,21,26). The number of carbonyl (C=O) groups is 2. The van der Waals surface area contributed by atoms with Gasteiger partial charge in [-0.15, -0.1) is 0 Å². The number of nitrogens with one attached hydrogen (secondary N) is 2. The van der Waals surface area contributed by atoms with Crippen molar-refractivity contribution in [3.63, 3.8) is 0 Å². The molecule has 0 aromatic heterocycles. The topological polar surface area (TPSA) is 96.9 Å². The quantitative estimate of drug-likeness (QED) is 0.693. The normalized spacial score (nSPS) is 9.96. The second-order valence-corrected chi connectivity index (χ2v) is 5.64. The Morgan fingerprint density at radius 2 is 1.62 bits per heavy atom. The van der Waals surface area contributed by atoms with E-state index in [0.717, 1.165) is 0 Å². The van der Waals surface area contributed by atoms with Gasteiger partial charge in [-0.05, 0) is 49.0 Å². The summed E-state index contributed by atoms with van der Waals surface area (Å²) >= 11 is 5.17. The van der Waals surface area contributed by atoms with Gasteiger partial charge in [-0.25, -0.2) is 4.79 Å². The number of methoxy groups -OCH3 is 2. The van der Waals surface area contributed by atoms with Crippen molar-refractivity contribution >= 4 is 34.9 Å². The summed E-state index contributed by atoms with van der Waals surface area (Å²) in [6.07, 6.45) is 0. The summed E-state index contributed by atoms with van der Waals surface area (Å²) in [6.45, 7) is 1.65. The van der Waals surface area contributed by atoms with Crippen LogP contribution in [0.3, 0.4) is 0 Å². The smallest absolute Gasteiger partial charge is 0.336 e. The number of hydrogen-bond donors (Lipinski definition) is 3. The number of benzene rings is 2. The molecule has 0 bridgehead atoms. The van der Waals surface area contributed by atoms with E-state index in [1.807, 2.05) is 0 Å². The average molecular weight is 374 g/mol. The number of hydrogen-bond acceptors (Lipinski definition) is 5. The number of carboxylic acid groups (broad SMARTS) is 1. The fourth-order valence-corrected chi connectivity index (χ4v) is 2.60. The number of carboxylic acids is 1. The molecule has 0 unspecified atom stereocenters. The van der Waals surface area contributed by atoms with E-state index in [4.69, 9.17) is 21.7 Å². The van der Waals surface area contributed by atoms with E-state index in [0.29, 0.717) is 22.7 Å². The Morgan fingerprint density at radius 1 is 1.04 bits per heavy atom. The number of ether oxygens (including phenoxy) is 2. The minimum absolute atomic E-state index is 0.0218. The molecule has 0 radical (unpaired) electrons. The molecule has 0 heterocycles. The third-order valence-corrected chi connectivity index (χ3v) is 3.90. The molecule has 2 aromatic rings. The minimum Gasteiger partial charge on any atom is -0.496 e. The number of amides is 1. The molecule has 0 atom stereocenters. The zero-order valence-corrected chi connectivity index (χ0v) is 15.3. The van der Waals surface area contributed by atoms with Gasteiger partial charge in [-0.3, -0.25) is 10.1 Å². The largest absolute Gasteiger partial charge is 0.496 e. The average Bonchev–Trinajstić information content (AvgIpc) is 2.62. The Kier molecular flexibility index (Phi) is 6.13. The van der Waals surface area contributed by atoms with Crippen LogP contribution in [0.4, 0.5) is 5.69 Å². The summed E-state index contributed by atoms with van der Waals surface area (Å²) in [7, 11) is 2.89. The number of rotatable bonds is 5. The first-order chi connectivity index (χ1) is 12.4. The highest BCUT2D eigenvalue weighted by Crippen LogP contribution is 2.28. The molecule has 0 fully saturated rings. The molecule has 0 saturated heterocycles. The van der Waals surface area contributed by atoms with Crippen LogP contribution in [0.5, 0.6) is 11.5 Å². The van der Waals surface area contributed by atoms with E-state index in [1.54, 1.807) is 37.3 Å². The zero-order valence-electron chi connectivity index (χ0n) is 14.5. The van der Waals surface area contributed by atoms with Gasteiger partial charge in [0.1, 0.15) is 17.1 Å². The van der Waals surface area contributed by atoms with Crippen molar-refractivity contribution in [2.45, 2.75) is 6.92 Å². The summed E-state index contributed by atoms with van der Waals surface area (Å²) in [5.41, 5.74) is 1.35. The molecule has 2 rings (SSSR count). The zero-order chi connectivity index (χ0) is 19.3. The minimum atomic E-state index is -1.04. The van der Waals surface area contributed by atoms with Gasteiger partial charge in [0, 0.05) is 5.69 Å². The highest BCUT2D eigenvalue weighted by Gasteiger charge is 2.19. The molecule has 0 aliphatic rings. The van der Waals surface area contributed by atoms with Crippen LogP contribution < -0.4 is 20.1 Å². The molecule has 8 heteroatoms. The van der Waals surface area contributed by atoms with Gasteiger partial charge in [0.15, 0.2) is 5.11 Å². The monoisotopic (exact) mass is 374 g/mol. The predicted molar refractivity (Wildman–Crippen MR) is 101 cm³/mol. The van der Waals surface area contributed by atoms with E-state index < -0.39 is 11.9 Å². The molecule has 0 spiro atoms. The summed E-state index contributed by atoms with van der Waals surface area (Å²) < 4.78 is 10.4. The third kappa shape index (κ3) is 4.09. The first-order valence-electron chi connectivity index (χ1n) is 7.55. The molecule has 7 nitrogen and oxygen atoms in total. The molecular formula is C18H18N2O5S. The van der Waals surface area contributed by atoms with Gasteiger partial charge in [0.2, 0.25) is 0 Å². The van der Waals surface area contributed by atoms with E-state index in [1.165, 1.54) is 20.3 Å². The first-order valence-corrected chi connectivity index (χ1v) is 7.96. The maximum Gasteiger partial charge on any atom is 0.336 e. The number of carbonyl (C=O) groups excluding carboxylic acids is 1. The first kappa shape index (κ1) is 19.2. The van der Waals surface area contributed by atoms with Crippen molar-refractivity contribution < 1.29 is 24.2 Å². The maximum atomic E-state index is 12.6. The molecule has 0 aliphatic carbocycles. The number of anilines is 1. The van der Waals surface area contributed by atoms with Gasteiger partial charge < -0.3 is 19.9 Å². The van der Waals surface area contributed by atoms with Crippen LogP contribution in [0.1, 0.15) is 26.3 Å². The summed E-state index contributed by atoms with van der Waals surface area (Å²) in [5, 5.41) is 14.6. The Balaban J connectivity index is 2.20. The lowest BCUT2D eigenvalue weighted by Crippen LogP contribution is -2.34. The van der Waals surface area contributed by atoms with Crippen molar-refractivity contribution in [3.8, 4) is 11.5 Å². The molecule has 3 N–H and O–H groups in total. The van der Waals surface area contributed by atoms with Crippen LogP contribution in [0, 0.1) is 6.92 Å². The fourth-order valence-electron chi connectivity index (χ4n) is 2.40. The molecule has 136 valence electrons. The van der Waals surface area contributed by atoms with E-state index in [9.17, 15) is 14.7 Å². The summed E-state index contributed by atoms with van der Waals surface area (Å²) in [6, 6.07) is 9.72. The van der Waals surface area contributed by atoms with Crippen LogP contribution >= 0.6 is 12.2 Å². The highest BCUT2D eigenvalue weighted by atomic mass is 32.1. The maximum absolute atomic E-state index is 12.6. The van der Waals surface area contributed by atoms with Crippen LogP contribution in [0.15, 0.2) is 36.4 Å². The van der Waals surface area contributed by atoms with Crippen LogP contribution in [0.25, 0.3) is 0 Å². The molecule has 1 amide bonds. The van der Waals surface area contributed by atoms with Crippen molar-refractivity contribution in [2.24, 2.45) is 0 Å². The molecule has 2 aromatic carbocycles. The van der Waals surface area contributed by atoms with E-state index >= 15 is 0 Å². The molecule has 0 saturated carbocycles. The second-order valence-electron chi connectivity index (χ2n) is 5.23. The van der Waals surface area contributed by atoms with E-state index in [-0.39, 0.29) is 16.2 Å². The van der Waals surface area contributed by atoms with Crippen molar-refractivity contribution in [2.75, 3.05) is 19.5 Å². The fraction of sp³-hybridized carbons (Fsp3) is 0.167. The SMILES string of the molecule is COc1cccc(OC)c1C(=O)NC(=S)Nc1cccc(C(=O)O)c1C. The van der Waals surface area contributed by atoms with Crippen LogP contribution in [0.2, 0.25) is 0 Å². The Hall–Kier alpha value is -3.13.